The van der Waals surface area contributed by atoms with Crippen molar-refractivity contribution in [1.82, 2.24) is 5.48 Å². The maximum Gasteiger partial charge on any atom is 0.337 e. The smallest absolute Gasteiger partial charge is 0.337 e. The molecule has 0 unspecified atom stereocenters. The van der Waals surface area contributed by atoms with Gasteiger partial charge in [-0.3, -0.25) is 10.0 Å². The Morgan fingerprint density at radius 2 is 1.86 bits per heavy atom. The molecule has 2 aromatic rings. The molecule has 0 aliphatic rings. The lowest BCUT2D eigenvalue weighted by Crippen LogP contribution is -2.20. The summed E-state index contributed by atoms with van der Waals surface area (Å²) in [6.07, 6.45) is 0. The number of ether oxygens (including phenoxy) is 2. The summed E-state index contributed by atoms with van der Waals surface area (Å²) in [5, 5.41) is 8.81. The van der Waals surface area contributed by atoms with Crippen LogP contribution in [0.2, 0.25) is 0 Å². The van der Waals surface area contributed by atoms with Gasteiger partial charge < -0.3 is 9.47 Å². The molecule has 0 saturated heterocycles. The van der Waals surface area contributed by atoms with Crippen LogP contribution in [0.4, 0.5) is 0 Å². The van der Waals surface area contributed by atoms with E-state index in [4.69, 9.17) is 9.94 Å². The van der Waals surface area contributed by atoms with Crippen molar-refractivity contribution in [1.29, 1.82) is 0 Å². The van der Waals surface area contributed by atoms with Crippen molar-refractivity contribution in [3.05, 3.63) is 65.2 Å². The number of hydroxylamine groups is 1. The summed E-state index contributed by atoms with van der Waals surface area (Å²) in [6, 6.07) is 13.7. The van der Waals surface area contributed by atoms with Crippen LogP contribution in [0, 0.1) is 0 Å². The maximum absolute atomic E-state index is 11.7. The van der Waals surface area contributed by atoms with Gasteiger partial charge in [0.05, 0.1) is 18.2 Å². The number of carbonyl (C=O) groups excluding carboxylic acids is 2. The minimum absolute atomic E-state index is 0.0429. The fraction of sp³-hybridized carbons (Fsp3) is 0.125. The highest BCUT2D eigenvalue weighted by Crippen LogP contribution is 2.22. The van der Waals surface area contributed by atoms with E-state index < -0.39 is 11.9 Å². The average molecular weight is 301 g/mol. The lowest BCUT2D eigenvalue weighted by molar-refractivity contribution is 0.0600. The minimum atomic E-state index is -0.770. The second-order valence-corrected chi connectivity index (χ2v) is 4.42. The Balaban J connectivity index is 2.26. The van der Waals surface area contributed by atoms with Gasteiger partial charge in [-0.1, -0.05) is 30.3 Å². The van der Waals surface area contributed by atoms with Crippen LogP contribution in [0.25, 0.3) is 0 Å². The van der Waals surface area contributed by atoms with Gasteiger partial charge in [0.25, 0.3) is 5.91 Å². The Kier molecular flexibility index (Phi) is 5.11. The normalized spacial score (nSPS) is 9.91. The molecule has 2 aromatic carbocycles. The summed E-state index contributed by atoms with van der Waals surface area (Å²) in [5.41, 5.74) is 2.69. The molecule has 0 fully saturated rings. The molecule has 2 rings (SSSR count). The van der Waals surface area contributed by atoms with Gasteiger partial charge in [-0.2, -0.15) is 0 Å². The Bertz CT molecular complexity index is 669. The lowest BCUT2D eigenvalue weighted by Gasteiger charge is -2.11. The van der Waals surface area contributed by atoms with E-state index in [1.807, 2.05) is 30.3 Å². The van der Waals surface area contributed by atoms with Gasteiger partial charge in [0.1, 0.15) is 12.4 Å². The van der Waals surface area contributed by atoms with Crippen molar-refractivity contribution in [2.75, 3.05) is 7.11 Å². The summed E-state index contributed by atoms with van der Waals surface area (Å²) in [4.78, 5) is 23.2. The number of amides is 1. The van der Waals surface area contributed by atoms with E-state index in [1.54, 1.807) is 0 Å². The molecule has 6 nitrogen and oxygen atoms in total. The third-order valence-electron chi connectivity index (χ3n) is 2.98. The van der Waals surface area contributed by atoms with Crippen molar-refractivity contribution in [3.8, 4) is 5.75 Å². The molecule has 0 atom stereocenters. The number of benzene rings is 2. The zero-order valence-electron chi connectivity index (χ0n) is 11.9. The molecule has 114 valence electrons. The first-order chi connectivity index (χ1) is 10.7. The monoisotopic (exact) mass is 301 g/mol. The fourth-order valence-corrected chi connectivity index (χ4v) is 1.87. The number of esters is 1. The number of rotatable bonds is 5. The molecule has 0 aliphatic heterocycles. The van der Waals surface area contributed by atoms with Crippen molar-refractivity contribution in [2.24, 2.45) is 0 Å². The Labute approximate surface area is 127 Å². The summed E-state index contributed by atoms with van der Waals surface area (Å²) in [7, 11) is 1.24. The Hall–Kier alpha value is -2.86. The highest BCUT2D eigenvalue weighted by molar-refractivity contribution is 5.99. The zero-order chi connectivity index (χ0) is 15.9. The third kappa shape index (κ3) is 3.62. The van der Waals surface area contributed by atoms with Crippen molar-refractivity contribution < 1.29 is 24.3 Å². The van der Waals surface area contributed by atoms with Gasteiger partial charge in [0, 0.05) is 0 Å². The highest BCUT2D eigenvalue weighted by Gasteiger charge is 2.16. The topological polar surface area (TPSA) is 84.9 Å². The van der Waals surface area contributed by atoms with Crippen LogP contribution < -0.4 is 10.2 Å². The molecule has 0 spiro atoms. The van der Waals surface area contributed by atoms with Crippen LogP contribution >= 0.6 is 0 Å². The Morgan fingerprint density at radius 1 is 1.14 bits per heavy atom. The Morgan fingerprint density at radius 3 is 2.50 bits per heavy atom. The van der Waals surface area contributed by atoms with E-state index in [1.165, 1.54) is 30.8 Å². The van der Waals surface area contributed by atoms with Crippen LogP contribution in [0.15, 0.2) is 48.5 Å². The van der Waals surface area contributed by atoms with E-state index in [-0.39, 0.29) is 23.5 Å². The fourth-order valence-electron chi connectivity index (χ4n) is 1.87. The van der Waals surface area contributed by atoms with Crippen LogP contribution in [0.3, 0.4) is 0 Å². The number of nitrogens with one attached hydrogen (secondary N) is 1. The average Bonchev–Trinajstić information content (AvgIpc) is 2.59. The predicted octanol–water partition coefficient (Wildman–Crippen LogP) is 2.17. The molecule has 0 heterocycles. The van der Waals surface area contributed by atoms with E-state index in [2.05, 4.69) is 4.74 Å². The summed E-state index contributed by atoms with van der Waals surface area (Å²) in [5.74, 6) is -1.10. The molecular formula is C16H15NO5. The van der Waals surface area contributed by atoms with Gasteiger partial charge in [0.2, 0.25) is 0 Å². The van der Waals surface area contributed by atoms with E-state index in [0.717, 1.165) is 5.56 Å². The number of hydrogen-bond donors (Lipinski definition) is 2. The van der Waals surface area contributed by atoms with Gasteiger partial charge in [-0.25, -0.2) is 10.3 Å². The molecule has 0 saturated carbocycles. The SMILES string of the molecule is COC(=O)c1ccc(OCc2ccccc2)c(C(=O)NO)c1. The standard InChI is InChI=1S/C16H15NO5/c1-21-16(19)12-7-8-14(13(9-12)15(18)17-20)22-10-11-5-3-2-4-6-11/h2-9,20H,10H2,1H3,(H,17,18). The first-order valence-corrected chi connectivity index (χ1v) is 6.49. The van der Waals surface area contributed by atoms with Gasteiger partial charge in [0.15, 0.2) is 0 Å². The molecule has 0 bridgehead atoms. The first-order valence-electron chi connectivity index (χ1n) is 6.49. The van der Waals surface area contributed by atoms with Gasteiger partial charge >= 0.3 is 5.97 Å². The van der Waals surface area contributed by atoms with Crippen molar-refractivity contribution in [2.45, 2.75) is 6.61 Å². The number of carbonyl (C=O) groups is 2. The van der Waals surface area contributed by atoms with Crippen molar-refractivity contribution >= 4 is 11.9 Å². The largest absolute Gasteiger partial charge is 0.488 e. The first kappa shape index (κ1) is 15.5. The number of hydrogen-bond acceptors (Lipinski definition) is 5. The predicted molar refractivity (Wildman–Crippen MR) is 77.8 cm³/mol. The summed E-state index contributed by atoms with van der Waals surface area (Å²) < 4.78 is 10.2. The molecule has 6 heteroatoms. The highest BCUT2D eigenvalue weighted by atomic mass is 16.5. The van der Waals surface area contributed by atoms with E-state index in [9.17, 15) is 9.59 Å². The molecule has 2 N–H and O–H groups in total. The van der Waals surface area contributed by atoms with Crippen LogP contribution in [-0.2, 0) is 11.3 Å². The van der Waals surface area contributed by atoms with Crippen LogP contribution in [-0.4, -0.2) is 24.2 Å². The van der Waals surface area contributed by atoms with Gasteiger partial charge in [-0.15, -0.1) is 0 Å². The van der Waals surface area contributed by atoms with Gasteiger partial charge in [-0.05, 0) is 23.8 Å². The molecule has 1 amide bonds. The lowest BCUT2D eigenvalue weighted by atomic mass is 10.1. The molecule has 0 aromatic heterocycles. The van der Waals surface area contributed by atoms with E-state index in [0.29, 0.717) is 0 Å². The zero-order valence-corrected chi connectivity index (χ0v) is 11.9. The summed E-state index contributed by atoms with van der Waals surface area (Å²) in [6.45, 7) is 0.254. The molecule has 0 radical (unpaired) electrons. The second-order valence-electron chi connectivity index (χ2n) is 4.42. The van der Waals surface area contributed by atoms with Crippen molar-refractivity contribution in [3.63, 3.8) is 0 Å². The maximum atomic E-state index is 11.7. The molecule has 0 aliphatic carbocycles. The van der Waals surface area contributed by atoms with Crippen LogP contribution in [0.1, 0.15) is 26.3 Å². The molecular weight excluding hydrogens is 286 g/mol. The van der Waals surface area contributed by atoms with Crippen LogP contribution in [0.5, 0.6) is 5.75 Å². The third-order valence-corrected chi connectivity index (χ3v) is 2.98. The quantitative estimate of drug-likeness (QED) is 0.502. The second kappa shape index (κ2) is 7.24. The van der Waals surface area contributed by atoms with E-state index >= 15 is 0 Å². The number of methoxy groups -OCH3 is 1. The minimum Gasteiger partial charge on any atom is -0.488 e. The molecule has 22 heavy (non-hydrogen) atoms. The summed E-state index contributed by atoms with van der Waals surface area (Å²) >= 11 is 0.